The van der Waals surface area contributed by atoms with Crippen LogP contribution in [0.1, 0.15) is 61.3 Å². The number of aryl methyl sites for hydroxylation is 3. The van der Waals surface area contributed by atoms with Crippen molar-refractivity contribution in [2.24, 2.45) is 5.73 Å². The van der Waals surface area contributed by atoms with Crippen LogP contribution in [0.4, 0.5) is 0 Å². The molecule has 0 unspecified atom stereocenters. The molecule has 0 aromatic heterocycles. The standard InChI is InChI=1S/C19H32N2/c1-5-10-21(19-8-6-18(20)7-9-19)13-17-12-15(3)14(2)11-16(17)4/h11-12,18-19H,5-10,13,20H2,1-4H3. The Bertz CT molecular complexity index is 459. The van der Waals surface area contributed by atoms with Gasteiger partial charge in [0.2, 0.25) is 0 Å². The summed E-state index contributed by atoms with van der Waals surface area (Å²) in [6.07, 6.45) is 6.15. The molecule has 2 N–H and O–H groups in total. The van der Waals surface area contributed by atoms with Crippen molar-refractivity contribution in [3.05, 3.63) is 34.4 Å². The Morgan fingerprint density at radius 2 is 1.62 bits per heavy atom. The van der Waals surface area contributed by atoms with Gasteiger partial charge in [-0.1, -0.05) is 19.1 Å². The third-order valence-electron chi connectivity index (χ3n) is 5.09. The maximum Gasteiger partial charge on any atom is 0.0239 e. The predicted octanol–water partition coefficient (Wildman–Crippen LogP) is 4.09. The molecule has 0 heterocycles. The molecule has 0 amide bonds. The lowest BCUT2D eigenvalue weighted by Gasteiger charge is -2.36. The summed E-state index contributed by atoms with van der Waals surface area (Å²) < 4.78 is 0. The summed E-state index contributed by atoms with van der Waals surface area (Å²) in [6, 6.07) is 5.90. The van der Waals surface area contributed by atoms with Crippen molar-refractivity contribution < 1.29 is 0 Å². The van der Waals surface area contributed by atoms with Crippen molar-refractivity contribution in [1.29, 1.82) is 0 Å². The van der Waals surface area contributed by atoms with E-state index in [4.69, 9.17) is 5.73 Å². The Morgan fingerprint density at radius 3 is 2.24 bits per heavy atom. The summed E-state index contributed by atoms with van der Waals surface area (Å²) >= 11 is 0. The van der Waals surface area contributed by atoms with Gasteiger partial charge >= 0.3 is 0 Å². The molecule has 1 aromatic rings. The highest BCUT2D eigenvalue weighted by atomic mass is 15.2. The zero-order chi connectivity index (χ0) is 15.4. The third kappa shape index (κ3) is 4.31. The average molecular weight is 288 g/mol. The fourth-order valence-electron chi connectivity index (χ4n) is 3.55. The first-order chi connectivity index (χ1) is 10.0. The first-order valence-electron chi connectivity index (χ1n) is 8.57. The molecule has 1 aromatic carbocycles. The molecule has 1 aliphatic carbocycles. The van der Waals surface area contributed by atoms with Crippen LogP contribution >= 0.6 is 0 Å². The van der Waals surface area contributed by atoms with Gasteiger partial charge in [0.25, 0.3) is 0 Å². The lowest BCUT2D eigenvalue weighted by atomic mass is 9.90. The van der Waals surface area contributed by atoms with Crippen molar-refractivity contribution in [1.82, 2.24) is 4.90 Å². The Kier molecular flexibility index (Phi) is 5.83. The number of nitrogens with zero attached hydrogens (tertiary/aromatic N) is 1. The summed E-state index contributed by atoms with van der Waals surface area (Å²) in [7, 11) is 0. The van der Waals surface area contributed by atoms with E-state index >= 15 is 0 Å². The monoisotopic (exact) mass is 288 g/mol. The van der Waals surface area contributed by atoms with Gasteiger partial charge < -0.3 is 5.73 Å². The van der Waals surface area contributed by atoms with Crippen molar-refractivity contribution in [3.63, 3.8) is 0 Å². The van der Waals surface area contributed by atoms with Crippen LogP contribution in [0.5, 0.6) is 0 Å². The quantitative estimate of drug-likeness (QED) is 0.884. The van der Waals surface area contributed by atoms with Crippen molar-refractivity contribution >= 4 is 0 Å². The van der Waals surface area contributed by atoms with Gasteiger partial charge in [-0.25, -0.2) is 0 Å². The highest BCUT2D eigenvalue weighted by molar-refractivity contribution is 5.36. The summed E-state index contributed by atoms with van der Waals surface area (Å²) in [5.41, 5.74) is 11.8. The highest BCUT2D eigenvalue weighted by Gasteiger charge is 2.24. The summed E-state index contributed by atoms with van der Waals surface area (Å²) in [6.45, 7) is 11.3. The van der Waals surface area contributed by atoms with E-state index in [1.165, 1.54) is 60.9 Å². The molecule has 118 valence electrons. The molecule has 0 bridgehead atoms. The normalized spacial score (nSPS) is 22.8. The molecule has 2 heteroatoms. The van der Waals surface area contributed by atoms with E-state index in [0.717, 1.165) is 12.6 Å². The van der Waals surface area contributed by atoms with Crippen LogP contribution in [0, 0.1) is 20.8 Å². The van der Waals surface area contributed by atoms with Crippen LogP contribution in [0.3, 0.4) is 0 Å². The summed E-state index contributed by atoms with van der Waals surface area (Å²) in [5, 5.41) is 0. The summed E-state index contributed by atoms with van der Waals surface area (Å²) in [4.78, 5) is 2.70. The second-order valence-corrected chi connectivity index (χ2v) is 6.90. The van der Waals surface area contributed by atoms with Crippen LogP contribution in [-0.4, -0.2) is 23.5 Å². The van der Waals surface area contributed by atoms with Crippen LogP contribution < -0.4 is 5.73 Å². The van der Waals surface area contributed by atoms with E-state index < -0.39 is 0 Å². The van der Waals surface area contributed by atoms with Crippen molar-refractivity contribution in [2.75, 3.05) is 6.54 Å². The van der Waals surface area contributed by atoms with Gasteiger partial charge in [-0.3, -0.25) is 4.90 Å². The lowest BCUT2D eigenvalue weighted by Crippen LogP contribution is -2.41. The lowest BCUT2D eigenvalue weighted by molar-refractivity contribution is 0.142. The largest absolute Gasteiger partial charge is 0.328 e. The molecule has 0 atom stereocenters. The van der Waals surface area contributed by atoms with Gasteiger partial charge in [0.15, 0.2) is 0 Å². The second-order valence-electron chi connectivity index (χ2n) is 6.90. The minimum atomic E-state index is 0.438. The second kappa shape index (κ2) is 7.42. The number of hydrogen-bond donors (Lipinski definition) is 1. The number of hydrogen-bond acceptors (Lipinski definition) is 2. The van der Waals surface area contributed by atoms with Crippen molar-refractivity contribution in [3.8, 4) is 0 Å². The Labute approximate surface area is 130 Å². The Hall–Kier alpha value is -0.860. The maximum atomic E-state index is 6.07. The van der Waals surface area contributed by atoms with E-state index in [1.807, 2.05) is 0 Å². The van der Waals surface area contributed by atoms with E-state index in [9.17, 15) is 0 Å². The van der Waals surface area contributed by atoms with Gasteiger partial charge in [0, 0.05) is 18.6 Å². The van der Waals surface area contributed by atoms with Gasteiger partial charge in [0.05, 0.1) is 0 Å². The first kappa shape index (κ1) is 16.5. The fraction of sp³-hybridized carbons (Fsp3) is 0.684. The SMILES string of the molecule is CCCN(Cc1cc(C)c(C)cc1C)C1CCC(N)CC1. The smallest absolute Gasteiger partial charge is 0.0239 e. The maximum absolute atomic E-state index is 6.07. The van der Waals surface area contributed by atoms with Crippen LogP contribution in [-0.2, 0) is 6.54 Å². The topological polar surface area (TPSA) is 29.3 Å². The molecule has 1 aliphatic rings. The third-order valence-corrected chi connectivity index (χ3v) is 5.09. The molecule has 0 saturated heterocycles. The first-order valence-corrected chi connectivity index (χ1v) is 8.57. The molecule has 21 heavy (non-hydrogen) atoms. The predicted molar refractivity (Wildman–Crippen MR) is 91.6 cm³/mol. The van der Waals surface area contributed by atoms with Gasteiger partial charge in [-0.05, 0) is 81.7 Å². The fourth-order valence-corrected chi connectivity index (χ4v) is 3.55. The van der Waals surface area contributed by atoms with Crippen LogP contribution in [0.2, 0.25) is 0 Å². The van der Waals surface area contributed by atoms with Crippen LogP contribution in [0.15, 0.2) is 12.1 Å². The molecule has 0 spiro atoms. The van der Waals surface area contributed by atoms with E-state index in [0.29, 0.717) is 6.04 Å². The molecular formula is C19H32N2. The molecule has 0 aliphatic heterocycles. The zero-order valence-corrected chi connectivity index (χ0v) is 14.3. The summed E-state index contributed by atoms with van der Waals surface area (Å²) in [5.74, 6) is 0. The molecule has 2 rings (SSSR count). The Balaban J connectivity index is 2.10. The molecule has 0 radical (unpaired) electrons. The molecular weight excluding hydrogens is 256 g/mol. The van der Waals surface area contributed by atoms with E-state index in [2.05, 4.69) is 44.7 Å². The van der Waals surface area contributed by atoms with E-state index in [1.54, 1.807) is 0 Å². The minimum Gasteiger partial charge on any atom is -0.328 e. The zero-order valence-electron chi connectivity index (χ0n) is 14.3. The van der Waals surface area contributed by atoms with Crippen LogP contribution in [0.25, 0.3) is 0 Å². The number of benzene rings is 1. The van der Waals surface area contributed by atoms with E-state index in [-0.39, 0.29) is 0 Å². The minimum absolute atomic E-state index is 0.438. The highest BCUT2D eigenvalue weighted by Crippen LogP contribution is 2.25. The number of rotatable bonds is 5. The Morgan fingerprint density at radius 1 is 1.00 bits per heavy atom. The van der Waals surface area contributed by atoms with Gasteiger partial charge in [0.1, 0.15) is 0 Å². The van der Waals surface area contributed by atoms with Crippen molar-refractivity contribution in [2.45, 2.75) is 78.4 Å². The molecule has 1 fully saturated rings. The molecule has 1 saturated carbocycles. The average Bonchev–Trinajstić information content (AvgIpc) is 2.45. The number of nitrogens with two attached hydrogens (primary N) is 1. The van der Waals surface area contributed by atoms with Gasteiger partial charge in [-0.2, -0.15) is 0 Å². The molecule has 2 nitrogen and oxygen atoms in total. The van der Waals surface area contributed by atoms with Gasteiger partial charge in [-0.15, -0.1) is 0 Å².